The lowest BCUT2D eigenvalue weighted by Gasteiger charge is -2.38. The number of hydrogen-bond acceptors (Lipinski definition) is 10. The average Bonchev–Trinajstić information content (AvgIpc) is 3.33. The van der Waals surface area contributed by atoms with Crippen LogP contribution in [0.1, 0.15) is 31.9 Å². The van der Waals surface area contributed by atoms with Crippen LogP contribution in [0.2, 0.25) is 0 Å². The van der Waals surface area contributed by atoms with Crippen molar-refractivity contribution in [2.45, 2.75) is 26.3 Å². The molecule has 0 aromatic heterocycles. The van der Waals surface area contributed by atoms with E-state index in [0.717, 1.165) is 11.3 Å². The van der Waals surface area contributed by atoms with Crippen LogP contribution in [0.15, 0.2) is 45.6 Å². The van der Waals surface area contributed by atoms with Crippen LogP contribution >= 0.6 is 11.8 Å². The average molecular weight is 559 g/mol. The molecule has 1 atom stereocenters. The quantitative estimate of drug-likeness (QED) is 0.334. The Morgan fingerprint density at radius 2 is 1.69 bits per heavy atom. The van der Waals surface area contributed by atoms with Crippen LogP contribution in [-0.2, 0) is 23.9 Å². The van der Waals surface area contributed by atoms with Gasteiger partial charge in [-0.1, -0.05) is 17.8 Å². The van der Waals surface area contributed by atoms with Gasteiger partial charge in [-0.15, -0.1) is 0 Å². The van der Waals surface area contributed by atoms with Gasteiger partial charge in [-0.2, -0.15) is 0 Å². The third kappa shape index (κ3) is 6.06. The summed E-state index contributed by atoms with van der Waals surface area (Å²) in [7, 11) is 4.65. The minimum atomic E-state index is -0.601. The number of rotatable bonds is 9. The Morgan fingerprint density at radius 3 is 2.33 bits per heavy atom. The molecule has 3 heterocycles. The van der Waals surface area contributed by atoms with E-state index in [-0.39, 0.29) is 31.4 Å². The van der Waals surface area contributed by atoms with Crippen molar-refractivity contribution in [1.29, 1.82) is 0 Å². The highest BCUT2D eigenvalue weighted by molar-refractivity contribution is 8.16. The molecule has 0 N–H and O–H groups in total. The molecule has 1 saturated heterocycles. The van der Waals surface area contributed by atoms with E-state index in [1.807, 2.05) is 22.4 Å². The summed E-state index contributed by atoms with van der Waals surface area (Å²) >= 11 is 1.41. The van der Waals surface area contributed by atoms with Crippen LogP contribution in [0.25, 0.3) is 0 Å². The van der Waals surface area contributed by atoms with Crippen LogP contribution in [0.5, 0.6) is 11.5 Å². The number of fused-ring (bicyclic) bond motifs is 1. The normalized spacial score (nSPS) is 18.9. The van der Waals surface area contributed by atoms with E-state index in [0.29, 0.717) is 54.1 Å². The second kappa shape index (κ2) is 12.6. The lowest BCUT2D eigenvalue weighted by molar-refractivity contribution is -0.141. The number of ether oxygens (including phenoxy) is 4. The molecule has 39 heavy (non-hydrogen) atoms. The fourth-order valence-electron chi connectivity index (χ4n) is 4.80. The van der Waals surface area contributed by atoms with Gasteiger partial charge < -0.3 is 33.6 Å². The summed E-state index contributed by atoms with van der Waals surface area (Å²) in [6, 6.07) is 4.88. The topological polar surface area (TPSA) is 110 Å². The lowest BCUT2D eigenvalue weighted by Crippen LogP contribution is -2.50. The number of amidine groups is 1. The second-order valence-electron chi connectivity index (χ2n) is 9.20. The molecule has 210 valence electrons. The molecule has 4 rings (SSSR count). The predicted octanol–water partition coefficient (Wildman–Crippen LogP) is 2.55. The molecule has 3 aliphatic rings. The molecule has 3 aliphatic heterocycles. The van der Waals surface area contributed by atoms with Gasteiger partial charge >= 0.3 is 5.97 Å². The Balaban J connectivity index is 1.65. The van der Waals surface area contributed by atoms with Gasteiger partial charge in [-0.3, -0.25) is 9.59 Å². The number of carbonyl (C=O) groups is 3. The van der Waals surface area contributed by atoms with Crippen molar-refractivity contribution in [3.8, 4) is 11.5 Å². The first-order valence-corrected chi connectivity index (χ1v) is 13.5. The first-order valence-electron chi connectivity index (χ1n) is 12.6. The first-order chi connectivity index (χ1) is 18.8. The largest absolute Gasteiger partial charge is 0.493 e. The molecule has 11 nitrogen and oxygen atoms in total. The number of piperazine rings is 1. The number of esters is 1. The summed E-state index contributed by atoms with van der Waals surface area (Å²) in [4.78, 5) is 48.5. The van der Waals surface area contributed by atoms with Crippen molar-refractivity contribution in [2.24, 2.45) is 4.99 Å². The molecule has 0 saturated carbocycles. The molecule has 0 aliphatic carbocycles. The number of hydrogen-bond donors (Lipinski definition) is 0. The molecular formula is C27H34N4O7S. The summed E-state index contributed by atoms with van der Waals surface area (Å²) in [5.41, 5.74) is 2.40. The smallest absolute Gasteiger partial charge is 0.338 e. The van der Waals surface area contributed by atoms with E-state index in [1.165, 1.54) is 25.8 Å². The van der Waals surface area contributed by atoms with Gasteiger partial charge in [0.1, 0.15) is 6.61 Å². The maximum atomic E-state index is 13.4. The Hall–Kier alpha value is -3.51. The molecule has 0 bridgehead atoms. The number of aliphatic imine (C=N–C) groups is 1. The van der Waals surface area contributed by atoms with Crippen molar-refractivity contribution < 1.29 is 33.3 Å². The van der Waals surface area contributed by atoms with E-state index in [1.54, 1.807) is 37.0 Å². The van der Waals surface area contributed by atoms with Gasteiger partial charge in [-0.25, -0.2) is 9.79 Å². The van der Waals surface area contributed by atoms with Crippen molar-refractivity contribution in [1.82, 2.24) is 14.7 Å². The molecule has 0 spiro atoms. The van der Waals surface area contributed by atoms with Crippen molar-refractivity contribution in [2.75, 3.05) is 60.7 Å². The van der Waals surface area contributed by atoms with Gasteiger partial charge in [-0.05, 0) is 30.0 Å². The number of thioether (sulfide) groups is 1. The van der Waals surface area contributed by atoms with Crippen LogP contribution in [-0.4, -0.2) is 98.4 Å². The van der Waals surface area contributed by atoms with Gasteiger partial charge in [0.2, 0.25) is 11.8 Å². The van der Waals surface area contributed by atoms with Crippen molar-refractivity contribution in [3.63, 3.8) is 0 Å². The maximum absolute atomic E-state index is 13.4. The van der Waals surface area contributed by atoms with E-state index in [2.05, 4.69) is 0 Å². The summed E-state index contributed by atoms with van der Waals surface area (Å²) in [5.74, 6) is 0.529. The monoisotopic (exact) mass is 558 g/mol. The third-order valence-electron chi connectivity index (χ3n) is 6.87. The van der Waals surface area contributed by atoms with Crippen LogP contribution in [0.4, 0.5) is 0 Å². The second-order valence-corrected chi connectivity index (χ2v) is 10.0. The lowest BCUT2D eigenvalue weighted by atomic mass is 9.93. The van der Waals surface area contributed by atoms with E-state index in [4.69, 9.17) is 23.9 Å². The van der Waals surface area contributed by atoms with E-state index >= 15 is 0 Å². The zero-order valence-electron chi connectivity index (χ0n) is 22.9. The minimum Gasteiger partial charge on any atom is -0.493 e. The van der Waals surface area contributed by atoms with Gasteiger partial charge in [0, 0.05) is 45.9 Å². The first kappa shape index (κ1) is 28.5. The predicted molar refractivity (Wildman–Crippen MR) is 146 cm³/mol. The number of nitrogens with zero attached hydrogens (tertiary/aromatic N) is 4. The van der Waals surface area contributed by atoms with Crippen molar-refractivity contribution in [3.05, 3.63) is 46.1 Å². The molecule has 0 radical (unpaired) electrons. The van der Waals surface area contributed by atoms with Crippen LogP contribution < -0.4 is 9.47 Å². The Labute approximate surface area is 232 Å². The van der Waals surface area contributed by atoms with Gasteiger partial charge in [0.15, 0.2) is 16.7 Å². The molecular weight excluding hydrogens is 524 g/mol. The number of methoxy groups -OCH3 is 3. The Bertz CT molecular complexity index is 1220. The summed E-state index contributed by atoms with van der Waals surface area (Å²) in [6.07, 6.45) is 0.126. The molecule has 1 aromatic carbocycles. The van der Waals surface area contributed by atoms with Gasteiger partial charge in [0.05, 0.1) is 44.6 Å². The summed E-state index contributed by atoms with van der Waals surface area (Å²) < 4.78 is 21.5. The van der Waals surface area contributed by atoms with Crippen LogP contribution in [0, 0.1) is 0 Å². The molecule has 2 amide bonds. The standard InChI is InChI=1S/C27H34N4O7S/c1-17-24(26(34)38-13-12-35-3)25(19-6-7-21(36-4)22(14-19)37-5)31-20(16-39-27(31)28-17)15-23(33)30-10-8-29(9-11-30)18(2)32/h6-7,14,16,25H,8-13,15H2,1-5H3. The van der Waals surface area contributed by atoms with Crippen LogP contribution in [0.3, 0.4) is 0 Å². The Morgan fingerprint density at radius 1 is 1.00 bits per heavy atom. The number of allylic oxidation sites excluding steroid dienone is 1. The van der Waals surface area contributed by atoms with E-state index < -0.39 is 12.0 Å². The zero-order valence-corrected chi connectivity index (χ0v) is 23.7. The number of benzene rings is 1. The molecule has 12 heteroatoms. The fourth-order valence-corrected chi connectivity index (χ4v) is 5.77. The van der Waals surface area contributed by atoms with Crippen molar-refractivity contribution >= 4 is 34.7 Å². The molecule has 1 fully saturated rings. The number of amides is 2. The SMILES string of the molecule is COCCOC(=O)C1=C(C)N=C2SC=C(CC(=O)N3CCN(C(C)=O)CC3)N2C1c1ccc(OC)c(OC)c1. The maximum Gasteiger partial charge on any atom is 0.338 e. The highest BCUT2D eigenvalue weighted by Crippen LogP contribution is 2.46. The summed E-state index contributed by atoms with van der Waals surface area (Å²) in [5, 5.41) is 2.58. The fraction of sp³-hybridized carbons (Fsp3) is 0.481. The third-order valence-corrected chi connectivity index (χ3v) is 7.76. The summed E-state index contributed by atoms with van der Waals surface area (Å²) in [6.45, 7) is 5.68. The highest BCUT2D eigenvalue weighted by Gasteiger charge is 2.42. The zero-order chi connectivity index (χ0) is 28.1. The highest BCUT2D eigenvalue weighted by atomic mass is 32.2. The van der Waals surface area contributed by atoms with E-state index in [9.17, 15) is 14.4 Å². The minimum absolute atomic E-state index is 0.0102. The Kier molecular flexibility index (Phi) is 9.18. The molecule has 1 unspecified atom stereocenters. The number of carbonyl (C=O) groups excluding carboxylic acids is 3. The van der Waals surface area contributed by atoms with Gasteiger partial charge in [0.25, 0.3) is 0 Å². The molecule has 1 aromatic rings.